The van der Waals surface area contributed by atoms with Gasteiger partial charge in [0.05, 0.1) is 23.7 Å². The van der Waals surface area contributed by atoms with Crippen molar-refractivity contribution in [2.24, 2.45) is 7.05 Å². The van der Waals surface area contributed by atoms with Crippen LogP contribution in [0.1, 0.15) is 17.5 Å². The summed E-state index contributed by atoms with van der Waals surface area (Å²) in [7, 11) is 2.02. The molecule has 1 aromatic heterocycles. The first-order valence-corrected chi connectivity index (χ1v) is 8.50. The summed E-state index contributed by atoms with van der Waals surface area (Å²) < 4.78 is 2.09. The summed E-state index contributed by atoms with van der Waals surface area (Å²) in [5, 5.41) is 16.1. The molecule has 0 radical (unpaired) electrons. The number of nitrogens with one attached hydrogen (secondary N) is 1. The minimum Gasteiger partial charge on any atom is -0.387 e. The van der Waals surface area contributed by atoms with Gasteiger partial charge in [-0.25, -0.2) is 4.98 Å². The fourth-order valence-electron chi connectivity index (χ4n) is 3.21. The minimum absolute atomic E-state index is 0.488. The Bertz CT molecular complexity index is 1020. The molecule has 4 nitrogen and oxygen atoms in total. The number of nitrogens with zero attached hydrogens (tertiary/aromatic N) is 2. The number of hydrogen-bond donors (Lipinski definition) is 2. The van der Waals surface area contributed by atoms with Crippen molar-refractivity contribution in [3.8, 4) is 0 Å². The number of aliphatic hydroxyl groups excluding tert-OH is 1. The number of imidazole rings is 1. The van der Waals surface area contributed by atoms with E-state index in [1.54, 1.807) is 0 Å². The molecule has 0 spiro atoms. The number of aliphatic hydroxyl groups is 1. The van der Waals surface area contributed by atoms with Crippen molar-refractivity contribution >= 4 is 21.8 Å². The normalized spacial score (nSPS) is 12.7. The molecule has 4 rings (SSSR count). The molecular formula is C21H21N3O. The van der Waals surface area contributed by atoms with E-state index < -0.39 is 6.10 Å². The molecular weight excluding hydrogens is 310 g/mol. The topological polar surface area (TPSA) is 50.1 Å². The summed E-state index contributed by atoms with van der Waals surface area (Å²) in [4.78, 5) is 4.64. The largest absolute Gasteiger partial charge is 0.387 e. The molecule has 1 unspecified atom stereocenters. The van der Waals surface area contributed by atoms with E-state index in [0.29, 0.717) is 13.1 Å². The van der Waals surface area contributed by atoms with Crippen LogP contribution in [0.15, 0.2) is 66.7 Å². The highest BCUT2D eigenvalue weighted by Gasteiger charge is 2.10. The lowest BCUT2D eigenvalue weighted by atomic mass is 10.0. The predicted molar refractivity (Wildman–Crippen MR) is 101 cm³/mol. The van der Waals surface area contributed by atoms with E-state index in [9.17, 15) is 5.11 Å². The molecule has 25 heavy (non-hydrogen) atoms. The molecule has 1 heterocycles. The minimum atomic E-state index is -0.542. The molecule has 0 aliphatic rings. The number of fused-ring (bicyclic) bond motifs is 2. The van der Waals surface area contributed by atoms with Gasteiger partial charge < -0.3 is 15.0 Å². The highest BCUT2D eigenvalue weighted by molar-refractivity contribution is 5.83. The first kappa shape index (κ1) is 15.8. The Morgan fingerprint density at radius 2 is 1.76 bits per heavy atom. The van der Waals surface area contributed by atoms with Gasteiger partial charge in [0, 0.05) is 13.6 Å². The van der Waals surface area contributed by atoms with Crippen LogP contribution in [0.2, 0.25) is 0 Å². The number of para-hydroxylation sites is 2. The number of hydrogen-bond acceptors (Lipinski definition) is 3. The molecule has 0 saturated heterocycles. The van der Waals surface area contributed by atoms with Gasteiger partial charge in [-0.15, -0.1) is 0 Å². The zero-order valence-electron chi connectivity index (χ0n) is 14.2. The van der Waals surface area contributed by atoms with Gasteiger partial charge in [0.25, 0.3) is 0 Å². The molecule has 126 valence electrons. The van der Waals surface area contributed by atoms with Gasteiger partial charge in [-0.1, -0.05) is 48.5 Å². The quantitative estimate of drug-likeness (QED) is 0.588. The van der Waals surface area contributed by atoms with Crippen LogP contribution in [0.25, 0.3) is 21.8 Å². The van der Waals surface area contributed by atoms with E-state index in [2.05, 4.69) is 45.2 Å². The third kappa shape index (κ3) is 3.14. The molecule has 0 aliphatic heterocycles. The van der Waals surface area contributed by atoms with Crippen LogP contribution in [-0.4, -0.2) is 21.2 Å². The Morgan fingerprint density at radius 3 is 2.60 bits per heavy atom. The molecule has 3 aromatic carbocycles. The molecule has 0 aliphatic carbocycles. The number of rotatable bonds is 5. The van der Waals surface area contributed by atoms with E-state index in [-0.39, 0.29) is 0 Å². The molecule has 4 aromatic rings. The smallest absolute Gasteiger partial charge is 0.123 e. The molecule has 1 atom stereocenters. The first-order valence-electron chi connectivity index (χ1n) is 8.50. The van der Waals surface area contributed by atoms with Crippen molar-refractivity contribution in [1.82, 2.24) is 14.9 Å². The van der Waals surface area contributed by atoms with Gasteiger partial charge in [-0.05, 0) is 34.5 Å². The molecule has 0 bridgehead atoms. The lowest BCUT2D eigenvalue weighted by Gasteiger charge is -2.13. The zero-order valence-corrected chi connectivity index (χ0v) is 14.2. The summed E-state index contributed by atoms with van der Waals surface area (Å²) in [6, 6.07) is 22.4. The average Bonchev–Trinajstić information content (AvgIpc) is 2.97. The van der Waals surface area contributed by atoms with Gasteiger partial charge in [0.1, 0.15) is 5.82 Å². The number of aryl methyl sites for hydroxylation is 1. The molecule has 0 saturated carbocycles. The Balaban J connectivity index is 1.44. The lowest BCUT2D eigenvalue weighted by Crippen LogP contribution is -2.22. The fraction of sp³-hybridized carbons (Fsp3) is 0.190. The Labute approximate surface area is 146 Å². The number of benzene rings is 3. The molecule has 0 fully saturated rings. The van der Waals surface area contributed by atoms with Crippen molar-refractivity contribution in [2.75, 3.05) is 6.54 Å². The van der Waals surface area contributed by atoms with E-state index in [4.69, 9.17) is 0 Å². The van der Waals surface area contributed by atoms with Crippen molar-refractivity contribution in [2.45, 2.75) is 12.6 Å². The van der Waals surface area contributed by atoms with E-state index in [1.165, 1.54) is 5.39 Å². The van der Waals surface area contributed by atoms with Crippen LogP contribution in [0.3, 0.4) is 0 Å². The summed E-state index contributed by atoms with van der Waals surface area (Å²) >= 11 is 0. The van der Waals surface area contributed by atoms with Crippen molar-refractivity contribution < 1.29 is 5.11 Å². The van der Waals surface area contributed by atoms with E-state index >= 15 is 0 Å². The van der Waals surface area contributed by atoms with Gasteiger partial charge in [-0.2, -0.15) is 0 Å². The van der Waals surface area contributed by atoms with Gasteiger partial charge in [-0.3, -0.25) is 0 Å². The van der Waals surface area contributed by atoms with Gasteiger partial charge in [0.15, 0.2) is 0 Å². The Hall–Kier alpha value is -2.69. The molecule has 0 amide bonds. The Kier molecular flexibility index (Phi) is 4.22. The maximum absolute atomic E-state index is 10.5. The van der Waals surface area contributed by atoms with Crippen molar-refractivity contribution in [3.05, 3.63) is 78.1 Å². The van der Waals surface area contributed by atoms with Crippen LogP contribution in [0.5, 0.6) is 0 Å². The standard InChI is InChI=1S/C21H21N3O/c1-24-19-9-5-4-8-18(19)23-21(24)14-22-13-20(25)17-11-10-15-6-2-3-7-16(15)12-17/h2-12,20,22,25H,13-14H2,1H3. The average molecular weight is 331 g/mol. The second kappa shape index (κ2) is 6.67. The maximum Gasteiger partial charge on any atom is 0.123 e. The molecule has 4 heteroatoms. The van der Waals surface area contributed by atoms with Crippen molar-refractivity contribution in [3.63, 3.8) is 0 Å². The van der Waals surface area contributed by atoms with Crippen LogP contribution in [0, 0.1) is 0 Å². The summed E-state index contributed by atoms with van der Waals surface area (Å²) in [6.45, 7) is 1.11. The highest BCUT2D eigenvalue weighted by atomic mass is 16.3. The second-order valence-corrected chi connectivity index (χ2v) is 6.33. The third-order valence-electron chi connectivity index (χ3n) is 4.66. The fourth-order valence-corrected chi connectivity index (χ4v) is 3.21. The van der Waals surface area contributed by atoms with Crippen LogP contribution >= 0.6 is 0 Å². The highest BCUT2D eigenvalue weighted by Crippen LogP contribution is 2.20. The molecule has 2 N–H and O–H groups in total. The van der Waals surface area contributed by atoms with Gasteiger partial charge >= 0.3 is 0 Å². The van der Waals surface area contributed by atoms with Gasteiger partial charge in [0.2, 0.25) is 0 Å². The first-order chi connectivity index (χ1) is 12.2. The maximum atomic E-state index is 10.5. The lowest BCUT2D eigenvalue weighted by molar-refractivity contribution is 0.174. The third-order valence-corrected chi connectivity index (χ3v) is 4.66. The summed E-state index contributed by atoms with van der Waals surface area (Å²) in [5.41, 5.74) is 3.04. The summed E-state index contributed by atoms with van der Waals surface area (Å²) in [5.74, 6) is 0.965. The second-order valence-electron chi connectivity index (χ2n) is 6.33. The summed E-state index contributed by atoms with van der Waals surface area (Å²) in [6.07, 6.45) is -0.542. The SMILES string of the molecule is Cn1c(CNCC(O)c2ccc3ccccc3c2)nc2ccccc21. The van der Waals surface area contributed by atoms with Crippen LogP contribution in [0.4, 0.5) is 0 Å². The van der Waals surface area contributed by atoms with Crippen LogP contribution < -0.4 is 5.32 Å². The predicted octanol–water partition coefficient (Wildman–Crippen LogP) is 3.55. The monoisotopic (exact) mass is 331 g/mol. The van der Waals surface area contributed by atoms with Crippen molar-refractivity contribution in [1.29, 1.82) is 0 Å². The van der Waals surface area contributed by atoms with E-state index in [0.717, 1.165) is 27.8 Å². The Morgan fingerprint density at radius 1 is 1.00 bits per heavy atom. The van der Waals surface area contributed by atoms with E-state index in [1.807, 2.05) is 43.4 Å². The number of aromatic nitrogens is 2. The zero-order chi connectivity index (χ0) is 17.2. The van der Waals surface area contributed by atoms with Crippen LogP contribution in [-0.2, 0) is 13.6 Å².